The fourth-order valence-corrected chi connectivity index (χ4v) is 3.41. The van der Waals surface area contributed by atoms with Gasteiger partial charge in [-0.1, -0.05) is 24.6 Å². The smallest absolute Gasteiger partial charge is 0.256 e. The number of aromatic nitrogens is 1. The zero-order valence-corrected chi connectivity index (χ0v) is 12.6. The molecule has 2 unspecified atom stereocenters. The summed E-state index contributed by atoms with van der Waals surface area (Å²) in [6, 6.07) is 7.88. The summed E-state index contributed by atoms with van der Waals surface area (Å²) in [7, 11) is 1.83. The van der Waals surface area contributed by atoms with E-state index in [1.807, 2.05) is 38.2 Å². The van der Waals surface area contributed by atoms with Crippen LogP contribution in [0.5, 0.6) is 0 Å². The minimum Gasteiger partial charge on any atom is -0.393 e. The van der Waals surface area contributed by atoms with Gasteiger partial charge in [-0.25, -0.2) is 0 Å². The number of amides is 1. The number of hydrogen-bond donors (Lipinski definition) is 2. The van der Waals surface area contributed by atoms with Gasteiger partial charge in [0.1, 0.15) is 0 Å². The summed E-state index contributed by atoms with van der Waals surface area (Å²) < 4.78 is 0. The summed E-state index contributed by atoms with van der Waals surface area (Å²) in [5.41, 5.74) is 2.65. The molecule has 4 heteroatoms. The second-order valence-corrected chi connectivity index (χ2v) is 6.11. The molecule has 0 spiro atoms. The average Bonchev–Trinajstić information content (AvgIpc) is 3.01. The van der Waals surface area contributed by atoms with E-state index < -0.39 is 0 Å². The fraction of sp³-hybridized carbons (Fsp3) is 0.471. The number of carbonyl (C=O) groups is 1. The largest absolute Gasteiger partial charge is 0.393 e. The van der Waals surface area contributed by atoms with E-state index in [0.717, 1.165) is 41.4 Å². The standard InChI is InChI=1S/C17H22N2O2/c1-11-16(13-7-3-4-8-14(13)18-11)17(21)19(2)10-12-6-5-9-15(12)20/h3-4,7-8,12,15,18,20H,5-6,9-10H2,1-2H3. The number of benzene rings is 1. The number of nitrogens with one attached hydrogen (secondary N) is 1. The summed E-state index contributed by atoms with van der Waals surface area (Å²) in [4.78, 5) is 17.8. The number of aryl methyl sites for hydroxylation is 1. The fourth-order valence-electron chi connectivity index (χ4n) is 3.41. The molecule has 0 bridgehead atoms. The van der Waals surface area contributed by atoms with Crippen molar-refractivity contribution in [3.8, 4) is 0 Å². The predicted molar refractivity (Wildman–Crippen MR) is 83.3 cm³/mol. The Balaban J connectivity index is 1.84. The lowest BCUT2D eigenvalue weighted by atomic mass is 10.0. The van der Waals surface area contributed by atoms with Crippen molar-refractivity contribution in [1.29, 1.82) is 0 Å². The molecule has 21 heavy (non-hydrogen) atoms. The van der Waals surface area contributed by atoms with Crippen molar-refractivity contribution in [2.75, 3.05) is 13.6 Å². The highest BCUT2D eigenvalue weighted by atomic mass is 16.3. The minimum absolute atomic E-state index is 0.0315. The highest BCUT2D eigenvalue weighted by molar-refractivity contribution is 6.08. The number of aliphatic hydroxyl groups excluding tert-OH is 1. The van der Waals surface area contributed by atoms with Crippen LogP contribution in [0.3, 0.4) is 0 Å². The van der Waals surface area contributed by atoms with Crippen molar-refractivity contribution in [1.82, 2.24) is 9.88 Å². The van der Waals surface area contributed by atoms with Gasteiger partial charge in [0.25, 0.3) is 5.91 Å². The molecular formula is C17H22N2O2. The number of hydrogen-bond acceptors (Lipinski definition) is 2. The van der Waals surface area contributed by atoms with Crippen LogP contribution in [0.1, 0.15) is 35.3 Å². The number of carbonyl (C=O) groups excluding carboxylic acids is 1. The van der Waals surface area contributed by atoms with Crippen LogP contribution in [-0.2, 0) is 0 Å². The summed E-state index contributed by atoms with van der Waals surface area (Å²) in [5, 5.41) is 10.9. The number of para-hydroxylation sites is 1. The quantitative estimate of drug-likeness (QED) is 0.911. The predicted octanol–water partition coefficient (Wildman–Crippen LogP) is 2.71. The van der Waals surface area contributed by atoms with Crippen molar-refractivity contribution in [2.45, 2.75) is 32.3 Å². The molecule has 112 valence electrons. The van der Waals surface area contributed by atoms with Crippen LogP contribution in [0.4, 0.5) is 0 Å². The van der Waals surface area contributed by atoms with Gasteiger partial charge in [-0.3, -0.25) is 4.79 Å². The molecule has 0 radical (unpaired) electrons. The van der Waals surface area contributed by atoms with Gasteiger partial charge in [-0.05, 0) is 25.8 Å². The normalized spacial score (nSPS) is 21.9. The molecule has 0 saturated heterocycles. The maximum atomic E-state index is 12.8. The lowest BCUT2D eigenvalue weighted by Gasteiger charge is -2.23. The zero-order valence-electron chi connectivity index (χ0n) is 12.6. The van der Waals surface area contributed by atoms with E-state index in [9.17, 15) is 9.90 Å². The van der Waals surface area contributed by atoms with Gasteiger partial charge < -0.3 is 15.0 Å². The molecule has 1 aliphatic rings. The number of nitrogens with zero attached hydrogens (tertiary/aromatic N) is 1. The zero-order chi connectivity index (χ0) is 15.0. The van der Waals surface area contributed by atoms with E-state index in [-0.39, 0.29) is 17.9 Å². The van der Waals surface area contributed by atoms with Gasteiger partial charge in [0.05, 0.1) is 11.7 Å². The Morgan fingerprint density at radius 1 is 1.38 bits per heavy atom. The monoisotopic (exact) mass is 286 g/mol. The lowest BCUT2D eigenvalue weighted by molar-refractivity contribution is 0.0694. The Morgan fingerprint density at radius 3 is 2.86 bits per heavy atom. The summed E-state index contributed by atoms with van der Waals surface area (Å²) in [6.45, 7) is 2.56. The molecule has 1 aromatic heterocycles. The number of aromatic amines is 1. The van der Waals surface area contributed by atoms with Crippen LogP contribution in [0.2, 0.25) is 0 Å². The van der Waals surface area contributed by atoms with E-state index in [0.29, 0.717) is 6.54 Å². The third-order valence-electron chi connectivity index (χ3n) is 4.58. The highest BCUT2D eigenvalue weighted by Gasteiger charge is 2.28. The van der Waals surface area contributed by atoms with Gasteiger partial charge in [0.15, 0.2) is 0 Å². The second kappa shape index (κ2) is 5.53. The average molecular weight is 286 g/mol. The Bertz CT molecular complexity index is 662. The maximum Gasteiger partial charge on any atom is 0.256 e. The van der Waals surface area contributed by atoms with Gasteiger partial charge in [0, 0.05) is 36.1 Å². The molecule has 3 rings (SSSR count). The van der Waals surface area contributed by atoms with Crippen LogP contribution >= 0.6 is 0 Å². The van der Waals surface area contributed by atoms with Crippen LogP contribution in [0.25, 0.3) is 10.9 Å². The van der Waals surface area contributed by atoms with Crippen molar-refractivity contribution < 1.29 is 9.90 Å². The van der Waals surface area contributed by atoms with Crippen LogP contribution in [0.15, 0.2) is 24.3 Å². The Morgan fingerprint density at radius 2 is 2.14 bits per heavy atom. The third-order valence-corrected chi connectivity index (χ3v) is 4.58. The molecule has 0 aliphatic heterocycles. The second-order valence-electron chi connectivity index (χ2n) is 6.11. The molecule has 1 aromatic carbocycles. The van der Waals surface area contributed by atoms with E-state index in [1.54, 1.807) is 4.90 Å². The molecule has 1 amide bonds. The number of fused-ring (bicyclic) bond motifs is 1. The van der Waals surface area contributed by atoms with Crippen molar-refractivity contribution in [2.24, 2.45) is 5.92 Å². The van der Waals surface area contributed by atoms with Crippen molar-refractivity contribution >= 4 is 16.8 Å². The van der Waals surface area contributed by atoms with E-state index in [2.05, 4.69) is 4.98 Å². The number of H-pyrrole nitrogens is 1. The topological polar surface area (TPSA) is 56.3 Å². The first kappa shape index (κ1) is 14.1. The van der Waals surface area contributed by atoms with E-state index in [4.69, 9.17) is 0 Å². The molecule has 1 saturated carbocycles. The molecule has 2 atom stereocenters. The summed E-state index contributed by atoms with van der Waals surface area (Å²) in [6.07, 6.45) is 2.66. The van der Waals surface area contributed by atoms with Gasteiger partial charge >= 0.3 is 0 Å². The minimum atomic E-state index is -0.260. The molecule has 4 nitrogen and oxygen atoms in total. The first-order valence-corrected chi connectivity index (χ1v) is 7.58. The maximum absolute atomic E-state index is 12.8. The number of rotatable bonds is 3. The van der Waals surface area contributed by atoms with Crippen LogP contribution in [0, 0.1) is 12.8 Å². The Labute approximate surface area is 124 Å². The molecule has 1 aliphatic carbocycles. The Hall–Kier alpha value is -1.81. The molecule has 1 fully saturated rings. The molecule has 2 aromatic rings. The lowest BCUT2D eigenvalue weighted by Crippen LogP contribution is -2.34. The molecular weight excluding hydrogens is 264 g/mol. The summed E-state index contributed by atoms with van der Waals surface area (Å²) in [5.74, 6) is 0.244. The highest BCUT2D eigenvalue weighted by Crippen LogP contribution is 2.28. The first-order chi connectivity index (χ1) is 10.1. The van der Waals surface area contributed by atoms with Gasteiger partial charge in [0.2, 0.25) is 0 Å². The van der Waals surface area contributed by atoms with E-state index in [1.165, 1.54) is 0 Å². The third kappa shape index (κ3) is 2.56. The van der Waals surface area contributed by atoms with Crippen molar-refractivity contribution in [3.63, 3.8) is 0 Å². The van der Waals surface area contributed by atoms with E-state index >= 15 is 0 Å². The van der Waals surface area contributed by atoms with Crippen LogP contribution in [-0.4, -0.2) is 40.6 Å². The van der Waals surface area contributed by atoms with Crippen LogP contribution < -0.4 is 0 Å². The number of aliphatic hydroxyl groups is 1. The first-order valence-electron chi connectivity index (χ1n) is 7.58. The van der Waals surface area contributed by atoms with Crippen molar-refractivity contribution in [3.05, 3.63) is 35.5 Å². The Kier molecular flexibility index (Phi) is 3.72. The SMILES string of the molecule is Cc1[nH]c2ccccc2c1C(=O)N(C)CC1CCCC1O. The molecule has 2 N–H and O–H groups in total. The van der Waals surface area contributed by atoms with Gasteiger partial charge in [-0.15, -0.1) is 0 Å². The molecule has 1 heterocycles. The summed E-state index contributed by atoms with van der Waals surface area (Å²) >= 11 is 0. The van der Waals surface area contributed by atoms with Gasteiger partial charge in [-0.2, -0.15) is 0 Å².